The molecule has 0 aliphatic carbocycles. The van der Waals surface area contributed by atoms with Crippen LogP contribution in [-0.4, -0.2) is 0 Å². The SMILES string of the molecule is CC(C)C[C@H](N)c1c(Cl)ccc(Cl)c1F. The van der Waals surface area contributed by atoms with Crippen molar-refractivity contribution in [1.29, 1.82) is 0 Å². The van der Waals surface area contributed by atoms with Gasteiger partial charge in [-0.1, -0.05) is 37.0 Å². The first-order valence-electron chi connectivity index (χ1n) is 4.82. The Morgan fingerprint density at radius 3 is 2.33 bits per heavy atom. The zero-order chi connectivity index (χ0) is 11.6. The molecular formula is C11H14Cl2FN. The first-order valence-corrected chi connectivity index (χ1v) is 5.58. The molecule has 1 rings (SSSR count). The second-order valence-electron chi connectivity index (χ2n) is 3.99. The largest absolute Gasteiger partial charge is 0.324 e. The Balaban J connectivity index is 3.07. The van der Waals surface area contributed by atoms with Crippen LogP contribution in [0, 0.1) is 11.7 Å². The first kappa shape index (κ1) is 12.8. The highest BCUT2D eigenvalue weighted by Gasteiger charge is 2.18. The average molecular weight is 250 g/mol. The number of rotatable bonds is 3. The molecule has 84 valence electrons. The van der Waals surface area contributed by atoms with Crippen LogP contribution in [0.4, 0.5) is 4.39 Å². The lowest BCUT2D eigenvalue weighted by Crippen LogP contribution is -2.15. The van der Waals surface area contributed by atoms with Crippen LogP contribution in [0.5, 0.6) is 0 Å². The van der Waals surface area contributed by atoms with Crippen molar-refractivity contribution in [2.75, 3.05) is 0 Å². The molecule has 0 heterocycles. The molecule has 4 heteroatoms. The van der Waals surface area contributed by atoms with E-state index in [1.165, 1.54) is 6.07 Å². The van der Waals surface area contributed by atoms with Gasteiger partial charge < -0.3 is 5.73 Å². The van der Waals surface area contributed by atoms with Crippen molar-refractivity contribution in [2.24, 2.45) is 11.7 Å². The Morgan fingerprint density at radius 2 is 1.80 bits per heavy atom. The summed E-state index contributed by atoms with van der Waals surface area (Å²) >= 11 is 11.6. The average Bonchev–Trinajstić information content (AvgIpc) is 2.11. The van der Waals surface area contributed by atoms with Crippen molar-refractivity contribution in [3.05, 3.63) is 33.6 Å². The predicted octanol–water partition coefficient (Wildman–Crippen LogP) is 4.18. The molecule has 0 aliphatic heterocycles. The highest BCUT2D eigenvalue weighted by atomic mass is 35.5. The zero-order valence-electron chi connectivity index (χ0n) is 8.73. The summed E-state index contributed by atoms with van der Waals surface area (Å²) in [6.07, 6.45) is 0.678. The van der Waals surface area contributed by atoms with Gasteiger partial charge in [0, 0.05) is 16.6 Å². The number of benzene rings is 1. The number of hydrogen-bond acceptors (Lipinski definition) is 1. The molecular weight excluding hydrogens is 236 g/mol. The van der Waals surface area contributed by atoms with Gasteiger partial charge in [-0.15, -0.1) is 0 Å². The van der Waals surface area contributed by atoms with Gasteiger partial charge in [-0.05, 0) is 24.5 Å². The lowest BCUT2D eigenvalue weighted by atomic mass is 9.97. The van der Waals surface area contributed by atoms with Crippen LogP contribution >= 0.6 is 23.2 Å². The molecule has 2 N–H and O–H groups in total. The van der Waals surface area contributed by atoms with Gasteiger partial charge in [0.1, 0.15) is 5.82 Å². The summed E-state index contributed by atoms with van der Waals surface area (Å²) in [6.45, 7) is 4.05. The molecule has 15 heavy (non-hydrogen) atoms. The van der Waals surface area contributed by atoms with Crippen LogP contribution in [0.25, 0.3) is 0 Å². The molecule has 0 aromatic heterocycles. The van der Waals surface area contributed by atoms with E-state index >= 15 is 0 Å². The summed E-state index contributed by atoms with van der Waals surface area (Å²) in [6, 6.07) is 2.60. The summed E-state index contributed by atoms with van der Waals surface area (Å²) in [5, 5.41) is 0.402. The van der Waals surface area contributed by atoms with E-state index in [-0.39, 0.29) is 5.02 Å². The maximum absolute atomic E-state index is 13.7. The number of nitrogens with two attached hydrogens (primary N) is 1. The lowest BCUT2D eigenvalue weighted by molar-refractivity contribution is 0.489. The second kappa shape index (κ2) is 5.15. The lowest BCUT2D eigenvalue weighted by Gasteiger charge is -2.17. The van der Waals surface area contributed by atoms with Gasteiger partial charge in [0.25, 0.3) is 0 Å². The standard InChI is InChI=1S/C11H14Cl2FN/c1-6(2)5-9(15)10-7(12)3-4-8(13)11(10)14/h3-4,6,9H,5,15H2,1-2H3/t9-/m0/s1. The van der Waals surface area contributed by atoms with Gasteiger partial charge >= 0.3 is 0 Å². The van der Waals surface area contributed by atoms with E-state index in [4.69, 9.17) is 28.9 Å². The van der Waals surface area contributed by atoms with Crippen LogP contribution in [-0.2, 0) is 0 Å². The molecule has 1 nitrogen and oxygen atoms in total. The van der Waals surface area contributed by atoms with Gasteiger partial charge in [0.15, 0.2) is 0 Å². The Hall–Kier alpha value is -0.310. The summed E-state index contributed by atoms with van der Waals surface area (Å²) < 4.78 is 13.7. The molecule has 0 unspecified atom stereocenters. The van der Waals surface area contributed by atoms with E-state index < -0.39 is 11.9 Å². The maximum atomic E-state index is 13.7. The quantitative estimate of drug-likeness (QED) is 0.800. The molecule has 0 amide bonds. The normalized spacial score (nSPS) is 13.3. The van der Waals surface area contributed by atoms with Crippen LogP contribution in [0.3, 0.4) is 0 Å². The number of hydrogen-bond donors (Lipinski definition) is 1. The van der Waals surface area contributed by atoms with E-state index in [0.717, 1.165) is 0 Å². The van der Waals surface area contributed by atoms with Crippen molar-refractivity contribution < 1.29 is 4.39 Å². The molecule has 1 aromatic rings. The Morgan fingerprint density at radius 1 is 1.27 bits per heavy atom. The van der Waals surface area contributed by atoms with E-state index in [1.807, 2.05) is 13.8 Å². The zero-order valence-corrected chi connectivity index (χ0v) is 10.2. The van der Waals surface area contributed by atoms with Crippen molar-refractivity contribution in [1.82, 2.24) is 0 Å². The van der Waals surface area contributed by atoms with Gasteiger partial charge in [0.05, 0.1) is 5.02 Å². The van der Waals surface area contributed by atoms with Crippen molar-refractivity contribution in [2.45, 2.75) is 26.3 Å². The third-order valence-electron chi connectivity index (χ3n) is 2.18. The fourth-order valence-electron chi connectivity index (χ4n) is 1.51. The minimum absolute atomic E-state index is 0.0635. The highest BCUT2D eigenvalue weighted by molar-refractivity contribution is 6.33. The molecule has 1 atom stereocenters. The summed E-state index contributed by atoms with van der Waals surface area (Å²) in [5.41, 5.74) is 6.20. The van der Waals surface area contributed by atoms with Gasteiger partial charge in [-0.2, -0.15) is 0 Å². The van der Waals surface area contributed by atoms with Crippen LogP contribution in [0.1, 0.15) is 31.9 Å². The molecule has 0 spiro atoms. The van der Waals surface area contributed by atoms with Crippen molar-refractivity contribution >= 4 is 23.2 Å². The van der Waals surface area contributed by atoms with Crippen molar-refractivity contribution in [3.63, 3.8) is 0 Å². The van der Waals surface area contributed by atoms with Gasteiger partial charge in [-0.25, -0.2) is 4.39 Å². The Labute approximate surface area is 99.4 Å². The van der Waals surface area contributed by atoms with E-state index in [9.17, 15) is 4.39 Å². The molecule has 0 bridgehead atoms. The van der Waals surface area contributed by atoms with Crippen LogP contribution in [0.15, 0.2) is 12.1 Å². The smallest absolute Gasteiger partial charge is 0.148 e. The fourth-order valence-corrected chi connectivity index (χ4v) is 1.96. The molecule has 0 fully saturated rings. The fraction of sp³-hybridized carbons (Fsp3) is 0.455. The van der Waals surface area contributed by atoms with E-state index in [1.54, 1.807) is 6.07 Å². The Kier molecular flexibility index (Phi) is 4.38. The van der Waals surface area contributed by atoms with Crippen LogP contribution < -0.4 is 5.73 Å². The highest BCUT2D eigenvalue weighted by Crippen LogP contribution is 2.31. The summed E-state index contributed by atoms with van der Waals surface area (Å²) in [5.74, 6) is -0.119. The third kappa shape index (κ3) is 3.07. The third-order valence-corrected chi connectivity index (χ3v) is 2.80. The molecule has 0 saturated heterocycles. The summed E-state index contributed by atoms with van der Waals surface area (Å²) in [4.78, 5) is 0. The number of halogens is 3. The Bertz CT molecular complexity index is 353. The first-order chi connectivity index (χ1) is 6.93. The molecule has 0 aliphatic rings. The topological polar surface area (TPSA) is 26.0 Å². The minimum Gasteiger partial charge on any atom is -0.324 e. The van der Waals surface area contributed by atoms with E-state index in [2.05, 4.69) is 0 Å². The molecule has 0 saturated carbocycles. The summed E-state index contributed by atoms with van der Waals surface area (Å²) in [7, 11) is 0. The van der Waals surface area contributed by atoms with Crippen molar-refractivity contribution in [3.8, 4) is 0 Å². The molecule has 1 aromatic carbocycles. The maximum Gasteiger partial charge on any atom is 0.148 e. The minimum atomic E-state index is -0.502. The molecule has 0 radical (unpaired) electrons. The van der Waals surface area contributed by atoms with Crippen LogP contribution in [0.2, 0.25) is 10.0 Å². The predicted molar refractivity (Wildman–Crippen MR) is 62.8 cm³/mol. The van der Waals surface area contributed by atoms with E-state index in [0.29, 0.717) is 22.9 Å². The monoisotopic (exact) mass is 249 g/mol. The van der Waals surface area contributed by atoms with Gasteiger partial charge in [0.2, 0.25) is 0 Å². The second-order valence-corrected chi connectivity index (χ2v) is 4.81. The van der Waals surface area contributed by atoms with Gasteiger partial charge in [-0.3, -0.25) is 0 Å².